The Morgan fingerprint density at radius 2 is 1.81 bits per heavy atom. The summed E-state index contributed by atoms with van der Waals surface area (Å²) in [6.45, 7) is 1.55. The number of esters is 2. The molecule has 1 heterocycles. The number of amides is 1. The largest absolute Gasteiger partial charge is 0.462 e. The molecule has 27 heavy (non-hydrogen) atoms. The fourth-order valence-corrected chi connectivity index (χ4v) is 3.71. The molecule has 144 valence electrons. The second-order valence-electron chi connectivity index (χ2n) is 5.25. The van der Waals surface area contributed by atoms with Crippen LogP contribution in [0.3, 0.4) is 0 Å². The Kier molecular flexibility index (Phi) is 7.26. The smallest absolute Gasteiger partial charge is 0.341 e. The lowest BCUT2D eigenvalue weighted by molar-refractivity contribution is 0.0449. The van der Waals surface area contributed by atoms with E-state index >= 15 is 0 Å². The zero-order valence-corrected chi connectivity index (χ0v) is 16.8. The van der Waals surface area contributed by atoms with Gasteiger partial charge >= 0.3 is 11.9 Å². The number of thiophene rings is 1. The molecular weight excluding hydrogens is 388 g/mol. The molecule has 0 bridgehead atoms. The number of hydrogen-bond acceptors (Lipinski definition) is 8. The molecule has 0 atom stereocenters. The quantitative estimate of drug-likeness (QED) is 0.536. The molecule has 3 N–H and O–H groups in total. The summed E-state index contributed by atoms with van der Waals surface area (Å²) in [4.78, 5) is 37.9. The van der Waals surface area contributed by atoms with E-state index in [-0.39, 0.29) is 34.2 Å². The third kappa shape index (κ3) is 4.81. The summed E-state index contributed by atoms with van der Waals surface area (Å²) in [5.74, 6) is -1.64. The lowest BCUT2D eigenvalue weighted by Crippen LogP contribution is -2.19. The molecule has 2 aromatic rings. The van der Waals surface area contributed by atoms with Crippen molar-refractivity contribution in [2.24, 2.45) is 0 Å². The Bertz CT molecular complexity index is 846. The number of thioether (sulfide) groups is 1. The number of carbonyl (C=O) groups excluding carboxylic acids is 3. The molecule has 1 aromatic carbocycles. The first-order chi connectivity index (χ1) is 12.9. The zero-order chi connectivity index (χ0) is 20.0. The van der Waals surface area contributed by atoms with Crippen molar-refractivity contribution in [1.29, 1.82) is 0 Å². The van der Waals surface area contributed by atoms with Crippen molar-refractivity contribution >= 4 is 45.9 Å². The van der Waals surface area contributed by atoms with Crippen LogP contribution in [0.2, 0.25) is 0 Å². The summed E-state index contributed by atoms with van der Waals surface area (Å²) in [7, 11) is 1.46. The van der Waals surface area contributed by atoms with E-state index in [1.54, 1.807) is 30.8 Å². The van der Waals surface area contributed by atoms with Crippen molar-refractivity contribution in [2.75, 3.05) is 25.6 Å². The maximum atomic E-state index is 12.3. The topological polar surface area (TPSA) is 108 Å². The van der Waals surface area contributed by atoms with Crippen LogP contribution in [0, 0.1) is 0 Å². The van der Waals surface area contributed by atoms with E-state index in [1.165, 1.54) is 7.05 Å². The molecule has 1 amide bonds. The number of benzene rings is 1. The van der Waals surface area contributed by atoms with Crippen LogP contribution < -0.4 is 11.1 Å². The molecule has 9 heteroatoms. The highest BCUT2D eigenvalue weighted by Gasteiger charge is 2.27. The number of nitrogens with two attached hydrogens (primary N) is 1. The highest BCUT2D eigenvalue weighted by molar-refractivity contribution is 7.98. The van der Waals surface area contributed by atoms with E-state index in [2.05, 4.69) is 5.32 Å². The Morgan fingerprint density at radius 1 is 1.15 bits per heavy atom. The van der Waals surface area contributed by atoms with Gasteiger partial charge < -0.3 is 20.5 Å². The SMILES string of the molecule is CCOC(=O)c1c(N)sc(C(=O)NC)c1COC(=O)c1ccc(SC)cc1. The van der Waals surface area contributed by atoms with Gasteiger partial charge in [-0.05, 0) is 37.4 Å². The van der Waals surface area contributed by atoms with Crippen molar-refractivity contribution in [3.63, 3.8) is 0 Å². The summed E-state index contributed by atoms with van der Waals surface area (Å²) < 4.78 is 10.3. The molecule has 7 nitrogen and oxygen atoms in total. The van der Waals surface area contributed by atoms with E-state index in [1.807, 2.05) is 18.4 Å². The summed E-state index contributed by atoms with van der Waals surface area (Å²) in [5.41, 5.74) is 6.58. The molecule has 0 saturated carbocycles. The number of hydrogen-bond donors (Lipinski definition) is 2. The van der Waals surface area contributed by atoms with Gasteiger partial charge in [-0.2, -0.15) is 0 Å². The summed E-state index contributed by atoms with van der Waals surface area (Å²) >= 11 is 2.51. The molecule has 0 unspecified atom stereocenters. The van der Waals surface area contributed by atoms with E-state index in [0.29, 0.717) is 5.56 Å². The van der Waals surface area contributed by atoms with Gasteiger partial charge in [0.2, 0.25) is 0 Å². The van der Waals surface area contributed by atoms with Gasteiger partial charge in [-0.25, -0.2) is 9.59 Å². The van der Waals surface area contributed by atoms with Crippen LogP contribution in [0.5, 0.6) is 0 Å². The van der Waals surface area contributed by atoms with Crippen LogP contribution in [-0.2, 0) is 16.1 Å². The molecule has 0 saturated heterocycles. The summed E-state index contributed by atoms with van der Waals surface area (Å²) in [6, 6.07) is 6.93. The third-order valence-corrected chi connectivity index (χ3v) is 5.42. The average Bonchev–Trinajstić information content (AvgIpc) is 3.01. The first-order valence-corrected chi connectivity index (χ1v) is 10.1. The molecule has 0 spiro atoms. The van der Waals surface area contributed by atoms with Crippen molar-refractivity contribution in [2.45, 2.75) is 18.4 Å². The van der Waals surface area contributed by atoms with Crippen LogP contribution in [0.4, 0.5) is 5.00 Å². The van der Waals surface area contributed by atoms with Gasteiger partial charge in [-0.1, -0.05) is 0 Å². The molecule has 0 radical (unpaired) electrons. The van der Waals surface area contributed by atoms with Crippen molar-refractivity contribution < 1.29 is 23.9 Å². The van der Waals surface area contributed by atoms with E-state index in [4.69, 9.17) is 15.2 Å². The van der Waals surface area contributed by atoms with Gasteiger partial charge in [0.05, 0.1) is 12.2 Å². The van der Waals surface area contributed by atoms with Crippen molar-refractivity contribution in [3.05, 3.63) is 45.8 Å². The maximum absolute atomic E-state index is 12.3. The predicted molar refractivity (Wildman–Crippen MR) is 105 cm³/mol. The van der Waals surface area contributed by atoms with Crippen LogP contribution in [0.15, 0.2) is 29.2 Å². The number of nitrogen functional groups attached to an aromatic ring is 1. The molecule has 0 aliphatic heterocycles. The minimum atomic E-state index is -0.656. The first kappa shape index (κ1) is 20.8. The molecule has 2 rings (SSSR count). The van der Waals surface area contributed by atoms with Crippen molar-refractivity contribution in [1.82, 2.24) is 5.32 Å². The van der Waals surface area contributed by atoms with Crippen LogP contribution in [0.1, 0.15) is 42.9 Å². The molecule has 1 aromatic heterocycles. The maximum Gasteiger partial charge on any atom is 0.341 e. The summed E-state index contributed by atoms with van der Waals surface area (Å²) in [6.07, 6.45) is 1.94. The van der Waals surface area contributed by atoms with E-state index in [0.717, 1.165) is 16.2 Å². The lowest BCUT2D eigenvalue weighted by Gasteiger charge is -2.09. The minimum Gasteiger partial charge on any atom is -0.462 e. The Balaban J connectivity index is 2.28. The predicted octanol–water partition coefficient (Wildman–Crippen LogP) is 2.95. The number of ether oxygens (including phenoxy) is 2. The normalized spacial score (nSPS) is 10.3. The monoisotopic (exact) mass is 408 g/mol. The minimum absolute atomic E-state index is 0.0611. The number of carbonyl (C=O) groups is 3. The second kappa shape index (κ2) is 9.43. The van der Waals surface area contributed by atoms with Gasteiger partial charge in [0, 0.05) is 17.5 Å². The van der Waals surface area contributed by atoms with E-state index in [9.17, 15) is 14.4 Å². The Labute approximate surface area is 165 Å². The van der Waals surface area contributed by atoms with E-state index < -0.39 is 17.8 Å². The Hall–Kier alpha value is -2.52. The van der Waals surface area contributed by atoms with Gasteiger partial charge in [-0.3, -0.25) is 4.79 Å². The number of rotatable bonds is 7. The molecular formula is C18H20N2O5S2. The first-order valence-electron chi connectivity index (χ1n) is 8.04. The van der Waals surface area contributed by atoms with Crippen molar-refractivity contribution in [3.8, 4) is 0 Å². The molecule has 0 aliphatic rings. The van der Waals surface area contributed by atoms with Gasteiger partial charge in [-0.15, -0.1) is 23.1 Å². The van der Waals surface area contributed by atoms with Crippen LogP contribution >= 0.6 is 23.1 Å². The number of nitrogens with one attached hydrogen (secondary N) is 1. The van der Waals surface area contributed by atoms with Gasteiger partial charge in [0.1, 0.15) is 22.0 Å². The number of anilines is 1. The lowest BCUT2D eigenvalue weighted by atomic mass is 10.1. The standard InChI is InChI=1S/C18H20N2O5S2/c1-4-24-18(23)13-12(14(16(21)20-2)27-15(13)19)9-25-17(22)10-5-7-11(26-3)8-6-10/h5-8H,4,9,19H2,1-3H3,(H,20,21). The Morgan fingerprint density at radius 3 is 2.37 bits per heavy atom. The van der Waals surface area contributed by atoms with Gasteiger partial charge in [0.25, 0.3) is 5.91 Å². The second-order valence-corrected chi connectivity index (χ2v) is 7.19. The average molecular weight is 409 g/mol. The summed E-state index contributed by atoms with van der Waals surface area (Å²) in [5, 5.41) is 2.63. The highest BCUT2D eigenvalue weighted by atomic mass is 32.2. The fourth-order valence-electron chi connectivity index (χ4n) is 2.29. The molecule has 0 fully saturated rings. The highest BCUT2D eigenvalue weighted by Crippen LogP contribution is 2.32. The third-order valence-electron chi connectivity index (χ3n) is 3.62. The van der Waals surface area contributed by atoms with Crippen LogP contribution in [0.25, 0.3) is 0 Å². The molecule has 0 aliphatic carbocycles. The zero-order valence-electron chi connectivity index (χ0n) is 15.2. The fraction of sp³-hybridized carbons (Fsp3) is 0.278. The van der Waals surface area contributed by atoms with Gasteiger partial charge in [0.15, 0.2) is 0 Å². The van der Waals surface area contributed by atoms with Crippen LogP contribution in [-0.4, -0.2) is 37.8 Å².